The molecule has 1 aromatic heterocycles. The van der Waals surface area contributed by atoms with Gasteiger partial charge >= 0.3 is 0 Å². The third-order valence-electron chi connectivity index (χ3n) is 1.47. The Bertz CT molecular complexity index is 179. The summed E-state index contributed by atoms with van der Waals surface area (Å²) in [5.74, 6) is 0.894. The molecule has 0 saturated carbocycles. The standard InChI is InChI=1S/C8H12O3/c9-8(10)5-1-3-7-4-2-6-11-7/h2,4,6,8-10H,1,3,5H2. The number of aliphatic hydroxyl groups excluding tert-OH is 1. The van der Waals surface area contributed by atoms with E-state index in [1.165, 1.54) is 0 Å². The van der Waals surface area contributed by atoms with E-state index in [1.54, 1.807) is 6.26 Å². The fraction of sp³-hybridized carbons (Fsp3) is 0.500. The van der Waals surface area contributed by atoms with Crippen molar-refractivity contribution in [3.8, 4) is 0 Å². The van der Waals surface area contributed by atoms with Gasteiger partial charge in [-0.1, -0.05) is 0 Å². The predicted octanol–water partition coefficient (Wildman–Crippen LogP) is 0.913. The highest BCUT2D eigenvalue weighted by Gasteiger charge is 1.99. The molecule has 2 N–H and O–H groups in total. The van der Waals surface area contributed by atoms with Gasteiger partial charge in [-0.15, -0.1) is 0 Å². The number of hydrogen-bond donors (Lipinski definition) is 2. The average Bonchev–Trinajstić information content (AvgIpc) is 2.39. The summed E-state index contributed by atoms with van der Waals surface area (Å²) >= 11 is 0. The molecule has 0 aliphatic carbocycles. The largest absolute Gasteiger partial charge is 0.469 e. The maximum Gasteiger partial charge on any atom is 0.151 e. The van der Waals surface area contributed by atoms with Gasteiger partial charge in [0.2, 0.25) is 0 Å². The highest BCUT2D eigenvalue weighted by atomic mass is 16.5. The first kappa shape index (κ1) is 8.30. The summed E-state index contributed by atoms with van der Waals surface area (Å²) in [5.41, 5.74) is 0. The van der Waals surface area contributed by atoms with Crippen molar-refractivity contribution in [3.05, 3.63) is 24.2 Å². The van der Waals surface area contributed by atoms with Crippen molar-refractivity contribution in [2.75, 3.05) is 0 Å². The van der Waals surface area contributed by atoms with Crippen LogP contribution in [-0.4, -0.2) is 16.5 Å². The van der Waals surface area contributed by atoms with Gasteiger partial charge in [0, 0.05) is 6.42 Å². The summed E-state index contributed by atoms with van der Waals surface area (Å²) < 4.78 is 5.05. The zero-order valence-electron chi connectivity index (χ0n) is 6.23. The molecule has 0 spiro atoms. The van der Waals surface area contributed by atoms with Gasteiger partial charge in [-0.05, 0) is 25.0 Å². The zero-order chi connectivity index (χ0) is 8.10. The van der Waals surface area contributed by atoms with E-state index in [0.29, 0.717) is 6.42 Å². The molecule has 0 atom stereocenters. The Hall–Kier alpha value is -0.800. The van der Waals surface area contributed by atoms with Crippen LogP contribution in [0.25, 0.3) is 0 Å². The fourth-order valence-corrected chi connectivity index (χ4v) is 0.914. The van der Waals surface area contributed by atoms with E-state index in [9.17, 15) is 0 Å². The van der Waals surface area contributed by atoms with Crippen LogP contribution >= 0.6 is 0 Å². The van der Waals surface area contributed by atoms with Crippen LogP contribution < -0.4 is 0 Å². The molecule has 1 rings (SSSR count). The lowest BCUT2D eigenvalue weighted by Gasteiger charge is -2.00. The van der Waals surface area contributed by atoms with Crippen molar-refractivity contribution in [1.29, 1.82) is 0 Å². The molecule has 1 heterocycles. The van der Waals surface area contributed by atoms with Gasteiger partial charge < -0.3 is 14.6 Å². The lowest BCUT2D eigenvalue weighted by Crippen LogP contribution is -2.03. The normalized spacial score (nSPS) is 10.8. The molecule has 0 bridgehead atoms. The summed E-state index contributed by atoms with van der Waals surface area (Å²) in [6.07, 6.45) is 2.34. The topological polar surface area (TPSA) is 53.6 Å². The van der Waals surface area contributed by atoms with Gasteiger partial charge in [-0.2, -0.15) is 0 Å². The van der Waals surface area contributed by atoms with Crippen LogP contribution in [0, 0.1) is 0 Å². The van der Waals surface area contributed by atoms with Crippen molar-refractivity contribution in [3.63, 3.8) is 0 Å². The van der Waals surface area contributed by atoms with Crippen LogP contribution in [0.4, 0.5) is 0 Å². The molecule has 11 heavy (non-hydrogen) atoms. The third kappa shape index (κ3) is 3.20. The molecule has 3 nitrogen and oxygen atoms in total. The summed E-state index contributed by atoms with van der Waals surface area (Å²) in [4.78, 5) is 0. The van der Waals surface area contributed by atoms with E-state index in [4.69, 9.17) is 14.6 Å². The Balaban J connectivity index is 2.14. The molecule has 1 aromatic rings. The van der Waals surface area contributed by atoms with Gasteiger partial charge in [0.1, 0.15) is 5.76 Å². The van der Waals surface area contributed by atoms with Crippen LogP contribution in [0.3, 0.4) is 0 Å². The van der Waals surface area contributed by atoms with Crippen LogP contribution in [-0.2, 0) is 6.42 Å². The van der Waals surface area contributed by atoms with Crippen LogP contribution in [0.15, 0.2) is 22.8 Å². The first-order valence-electron chi connectivity index (χ1n) is 3.67. The fourth-order valence-electron chi connectivity index (χ4n) is 0.914. The van der Waals surface area contributed by atoms with Crippen LogP contribution in [0.1, 0.15) is 18.6 Å². The molecule has 0 aliphatic rings. The van der Waals surface area contributed by atoms with E-state index in [-0.39, 0.29) is 0 Å². The van der Waals surface area contributed by atoms with Crippen molar-refractivity contribution in [2.45, 2.75) is 25.6 Å². The second kappa shape index (κ2) is 4.16. The van der Waals surface area contributed by atoms with E-state index in [0.717, 1.165) is 18.6 Å². The maximum absolute atomic E-state index is 8.51. The SMILES string of the molecule is OC(O)CCCc1ccco1. The van der Waals surface area contributed by atoms with Gasteiger partial charge in [0.25, 0.3) is 0 Å². The first-order chi connectivity index (χ1) is 5.29. The Morgan fingerprint density at radius 2 is 2.27 bits per heavy atom. The van der Waals surface area contributed by atoms with E-state index in [1.807, 2.05) is 12.1 Å². The summed E-state index contributed by atoms with van der Waals surface area (Å²) in [7, 11) is 0. The molecular formula is C8H12O3. The molecule has 0 aromatic carbocycles. The quantitative estimate of drug-likeness (QED) is 0.637. The second-order valence-electron chi connectivity index (χ2n) is 2.45. The molecule has 0 amide bonds. The number of hydrogen-bond acceptors (Lipinski definition) is 3. The van der Waals surface area contributed by atoms with Crippen LogP contribution in [0.2, 0.25) is 0 Å². The molecule has 0 unspecified atom stereocenters. The van der Waals surface area contributed by atoms with Crippen molar-refractivity contribution < 1.29 is 14.6 Å². The lowest BCUT2D eigenvalue weighted by molar-refractivity contribution is -0.0462. The summed E-state index contributed by atoms with van der Waals surface area (Å²) in [6, 6.07) is 3.70. The van der Waals surface area contributed by atoms with Gasteiger partial charge in [0.05, 0.1) is 6.26 Å². The van der Waals surface area contributed by atoms with Gasteiger partial charge in [-0.25, -0.2) is 0 Å². The molecule has 62 valence electrons. The predicted molar refractivity (Wildman–Crippen MR) is 39.9 cm³/mol. The smallest absolute Gasteiger partial charge is 0.151 e. The van der Waals surface area contributed by atoms with Gasteiger partial charge in [0.15, 0.2) is 6.29 Å². The Labute approximate surface area is 65.3 Å². The Morgan fingerprint density at radius 3 is 2.82 bits per heavy atom. The Morgan fingerprint density at radius 1 is 1.45 bits per heavy atom. The molecule has 0 fully saturated rings. The Kier molecular flexibility index (Phi) is 3.14. The average molecular weight is 156 g/mol. The van der Waals surface area contributed by atoms with Crippen molar-refractivity contribution >= 4 is 0 Å². The third-order valence-corrected chi connectivity index (χ3v) is 1.47. The number of aryl methyl sites for hydroxylation is 1. The minimum Gasteiger partial charge on any atom is -0.469 e. The highest BCUT2D eigenvalue weighted by Crippen LogP contribution is 2.05. The summed E-state index contributed by atoms with van der Waals surface area (Å²) in [6.45, 7) is 0. The monoisotopic (exact) mass is 156 g/mol. The zero-order valence-corrected chi connectivity index (χ0v) is 6.23. The number of furan rings is 1. The van der Waals surface area contributed by atoms with E-state index in [2.05, 4.69) is 0 Å². The molecular weight excluding hydrogens is 144 g/mol. The minimum absolute atomic E-state index is 0.403. The molecule has 0 aliphatic heterocycles. The second-order valence-corrected chi connectivity index (χ2v) is 2.45. The number of aliphatic hydroxyl groups is 2. The number of rotatable bonds is 4. The van der Waals surface area contributed by atoms with E-state index < -0.39 is 6.29 Å². The van der Waals surface area contributed by atoms with Crippen molar-refractivity contribution in [2.24, 2.45) is 0 Å². The molecule has 3 heteroatoms. The van der Waals surface area contributed by atoms with Gasteiger partial charge in [-0.3, -0.25) is 0 Å². The lowest BCUT2D eigenvalue weighted by atomic mass is 10.2. The van der Waals surface area contributed by atoms with Crippen LogP contribution in [0.5, 0.6) is 0 Å². The summed E-state index contributed by atoms with van der Waals surface area (Å²) in [5, 5.41) is 17.0. The van der Waals surface area contributed by atoms with E-state index >= 15 is 0 Å². The minimum atomic E-state index is -1.19. The first-order valence-corrected chi connectivity index (χ1v) is 3.67. The highest BCUT2D eigenvalue weighted by molar-refractivity contribution is 4.97. The molecule has 0 saturated heterocycles. The molecule has 0 radical (unpaired) electrons. The maximum atomic E-state index is 8.51. The van der Waals surface area contributed by atoms with Crippen molar-refractivity contribution in [1.82, 2.24) is 0 Å².